The molecular weight excluding hydrogens is 545 g/mol. The SMILES string of the molecule is CCCCCCCCCCCCCCCCCC(N)Oc1ccccc1C(=O)c1ccccc1.I. The highest BCUT2D eigenvalue weighted by atomic mass is 127. The summed E-state index contributed by atoms with van der Waals surface area (Å²) in [5, 5.41) is 0. The molecule has 0 heterocycles. The molecule has 35 heavy (non-hydrogen) atoms. The van der Waals surface area contributed by atoms with E-state index in [9.17, 15) is 4.79 Å². The Morgan fingerprint density at radius 3 is 1.69 bits per heavy atom. The Bertz CT molecular complexity index is 781. The molecule has 3 nitrogen and oxygen atoms in total. The summed E-state index contributed by atoms with van der Waals surface area (Å²) in [6.45, 7) is 2.28. The van der Waals surface area contributed by atoms with Gasteiger partial charge in [-0.05, 0) is 25.0 Å². The Morgan fingerprint density at radius 1 is 0.686 bits per heavy atom. The third-order valence-electron chi connectivity index (χ3n) is 6.54. The largest absolute Gasteiger partial charge is 0.475 e. The van der Waals surface area contributed by atoms with E-state index in [-0.39, 0.29) is 36.0 Å². The number of para-hydroxylation sites is 1. The molecule has 4 heteroatoms. The molecule has 0 radical (unpaired) electrons. The highest BCUT2D eigenvalue weighted by Crippen LogP contribution is 2.23. The van der Waals surface area contributed by atoms with Gasteiger partial charge in [0.2, 0.25) is 0 Å². The molecule has 2 rings (SSSR count). The fourth-order valence-electron chi connectivity index (χ4n) is 4.44. The fraction of sp³-hybridized carbons (Fsp3) is 0.581. The van der Waals surface area contributed by atoms with E-state index in [1.165, 1.54) is 89.9 Å². The van der Waals surface area contributed by atoms with Gasteiger partial charge in [0.15, 0.2) is 5.78 Å². The molecule has 0 saturated heterocycles. The molecule has 2 N–H and O–H groups in total. The Morgan fingerprint density at radius 2 is 1.14 bits per heavy atom. The highest BCUT2D eigenvalue weighted by molar-refractivity contribution is 14.0. The van der Waals surface area contributed by atoms with Crippen LogP contribution in [-0.4, -0.2) is 12.0 Å². The molecule has 0 saturated carbocycles. The molecule has 2 aromatic carbocycles. The number of nitrogens with two attached hydrogens (primary N) is 1. The number of hydrogen-bond donors (Lipinski definition) is 1. The van der Waals surface area contributed by atoms with Crippen LogP contribution in [0.3, 0.4) is 0 Å². The van der Waals surface area contributed by atoms with Gasteiger partial charge in [-0.15, -0.1) is 24.0 Å². The lowest BCUT2D eigenvalue weighted by Gasteiger charge is -2.17. The monoisotopic (exact) mass is 593 g/mol. The maximum absolute atomic E-state index is 12.8. The predicted molar refractivity (Wildman–Crippen MR) is 160 cm³/mol. The Kier molecular flexibility index (Phi) is 18.8. The van der Waals surface area contributed by atoms with Crippen LogP contribution in [0.1, 0.15) is 126 Å². The van der Waals surface area contributed by atoms with Crippen molar-refractivity contribution in [1.29, 1.82) is 0 Å². The molecule has 2 aromatic rings. The highest BCUT2D eigenvalue weighted by Gasteiger charge is 2.16. The van der Waals surface area contributed by atoms with Crippen LogP contribution in [0.4, 0.5) is 0 Å². The van der Waals surface area contributed by atoms with E-state index in [1.54, 1.807) is 0 Å². The summed E-state index contributed by atoms with van der Waals surface area (Å²) in [6.07, 6.45) is 20.7. The molecule has 0 aliphatic carbocycles. The van der Waals surface area contributed by atoms with Crippen molar-refractivity contribution in [3.05, 3.63) is 65.7 Å². The van der Waals surface area contributed by atoms with Gasteiger partial charge in [0.25, 0.3) is 0 Å². The Hall–Kier alpha value is -1.40. The Labute approximate surface area is 231 Å². The summed E-state index contributed by atoms with van der Waals surface area (Å²) in [5.41, 5.74) is 7.47. The van der Waals surface area contributed by atoms with Crippen molar-refractivity contribution in [2.45, 2.75) is 116 Å². The number of ketones is 1. The van der Waals surface area contributed by atoms with Crippen molar-refractivity contribution in [2.75, 3.05) is 0 Å². The van der Waals surface area contributed by atoms with Gasteiger partial charge in [0.1, 0.15) is 12.0 Å². The van der Waals surface area contributed by atoms with E-state index in [2.05, 4.69) is 6.92 Å². The summed E-state index contributed by atoms with van der Waals surface area (Å²) in [5.74, 6) is 0.542. The summed E-state index contributed by atoms with van der Waals surface area (Å²) in [4.78, 5) is 12.8. The lowest BCUT2D eigenvalue weighted by Crippen LogP contribution is -2.27. The van der Waals surface area contributed by atoms with Gasteiger partial charge < -0.3 is 4.74 Å². The van der Waals surface area contributed by atoms with Gasteiger partial charge in [-0.25, -0.2) is 0 Å². The van der Waals surface area contributed by atoms with Gasteiger partial charge in [-0.1, -0.05) is 139 Å². The summed E-state index contributed by atoms with van der Waals surface area (Å²) >= 11 is 0. The first-order valence-electron chi connectivity index (χ1n) is 13.8. The number of benzene rings is 2. The molecule has 0 aromatic heterocycles. The van der Waals surface area contributed by atoms with E-state index in [1.807, 2.05) is 54.6 Å². The second-order valence-electron chi connectivity index (χ2n) is 9.59. The zero-order valence-electron chi connectivity index (χ0n) is 21.9. The van der Waals surface area contributed by atoms with Crippen molar-refractivity contribution in [1.82, 2.24) is 0 Å². The number of halogens is 1. The molecule has 0 aliphatic rings. The van der Waals surface area contributed by atoms with Gasteiger partial charge >= 0.3 is 0 Å². The van der Waals surface area contributed by atoms with Crippen LogP contribution in [0.25, 0.3) is 0 Å². The fourth-order valence-corrected chi connectivity index (χ4v) is 4.44. The van der Waals surface area contributed by atoms with Crippen LogP contribution >= 0.6 is 24.0 Å². The molecule has 0 aliphatic heterocycles. The lowest BCUT2D eigenvalue weighted by molar-refractivity contribution is 0.103. The first-order chi connectivity index (χ1) is 16.7. The van der Waals surface area contributed by atoms with Crippen LogP contribution in [-0.2, 0) is 0 Å². The minimum atomic E-state index is -0.383. The van der Waals surface area contributed by atoms with E-state index >= 15 is 0 Å². The normalized spacial score (nSPS) is 11.6. The number of unbranched alkanes of at least 4 members (excludes halogenated alkanes) is 14. The molecular formula is C31H48INO2. The lowest BCUT2D eigenvalue weighted by atomic mass is 10.0. The average molecular weight is 594 g/mol. The molecule has 0 fully saturated rings. The maximum atomic E-state index is 12.8. The first kappa shape index (κ1) is 31.6. The quantitative estimate of drug-likeness (QED) is 0.0720. The van der Waals surface area contributed by atoms with Crippen LogP contribution < -0.4 is 10.5 Å². The topological polar surface area (TPSA) is 52.3 Å². The number of ether oxygens (including phenoxy) is 1. The number of carbonyl (C=O) groups is 1. The van der Waals surface area contributed by atoms with Crippen molar-refractivity contribution in [2.24, 2.45) is 5.73 Å². The van der Waals surface area contributed by atoms with Crippen molar-refractivity contribution in [3.63, 3.8) is 0 Å². The van der Waals surface area contributed by atoms with Crippen LogP contribution in [0.5, 0.6) is 5.75 Å². The molecule has 1 atom stereocenters. The Balaban J connectivity index is 0.00000612. The van der Waals surface area contributed by atoms with Crippen LogP contribution in [0.2, 0.25) is 0 Å². The van der Waals surface area contributed by atoms with Gasteiger partial charge in [-0.3, -0.25) is 10.5 Å². The van der Waals surface area contributed by atoms with E-state index in [4.69, 9.17) is 10.5 Å². The van der Waals surface area contributed by atoms with Crippen molar-refractivity contribution in [3.8, 4) is 5.75 Å². The van der Waals surface area contributed by atoms with Crippen LogP contribution in [0.15, 0.2) is 54.6 Å². The maximum Gasteiger partial charge on any atom is 0.196 e. The minimum Gasteiger partial charge on any atom is -0.475 e. The minimum absolute atomic E-state index is 0. The van der Waals surface area contributed by atoms with Crippen LogP contribution in [0, 0.1) is 0 Å². The third-order valence-corrected chi connectivity index (χ3v) is 6.54. The standard InChI is InChI=1S/C31H47NO2.HI/c1-2-3-4-5-6-7-8-9-10-11-12-13-14-15-19-26-30(32)34-29-25-21-20-24-28(29)31(33)27-22-17-16-18-23-27;/h16-18,20-25,30H,2-15,19,26,32H2,1H3;1H. The molecule has 0 spiro atoms. The second kappa shape index (κ2) is 20.8. The average Bonchev–Trinajstić information content (AvgIpc) is 2.87. The van der Waals surface area contributed by atoms with Gasteiger partial charge in [0.05, 0.1) is 5.56 Å². The first-order valence-corrected chi connectivity index (χ1v) is 13.8. The molecule has 0 bridgehead atoms. The zero-order chi connectivity index (χ0) is 24.3. The van der Waals surface area contributed by atoms with Crippen molar-refractivity contribution >= 4 is 29.8 Å². The van der Waals surface area contributed by atoms with E-state index in [0.717, 1.165) is 12.8 Å². The van der Waals surface area contributed by atoms with Gasteiger partial charge in [-0.2, -0.15) is 0 Å². The zero-order valence-corrected chi connectivity index (χ0v) is 24.2. The number of carbonyl (C=O) groups excluding carboxylic acids is 1. The van der Waals surface area contributed by atoms with Gasteiger partial charge in [0, 0.05) is 5.56 Å². The molecule has 0 amide bonds. The third kappa shape index (κ3) is 14.1. The smallest absolute Gasteiger partial charge is 0.196 e. The molecule has 1 unspecified atom stereocenters. The van der Waals surface area contributed by atoms with E-state index < -0.39 is 0 Å². The summed E-state index contributed by atoms with van der Waals surface area (Å²) in [7, 11) is 0. The van der Waals surface area contributed by atoms with E-state index in [0.29, 0.717) is 16.9 Å². The summed E-state index contributed by atoms with van der Waals surface area (Å²) < 4.78 is 5.96. The summed E-state index contributed by atoms with van der Waals surface area (Å²) in [6, 6.07) is 16.7. The number of hydrogen-bond acceptors (Lipinski definition) is 3. The number of rotatable bonds is 20. The van der Waals surface area contributed by atoms with Crippen molar-refractivity contribution < 1.29 is 9.53 Å². The molecule has 196 valence electrons. The second-order valence-corrected chi connectivity index (χ2v) is 9.59. The predicted octanol–water partition coefficient (Wildman–Crippen LogP) is 9.46.